The lowest BCUT2D eigenvalue weighted by molar-refractivity contribution is 0.0901. The fourth-order valence-electron chi connectivity index (χ4n) is 3.29. The second-order valence-corrected chi connectivity index (χ2v) is 7.60. The van der Waals surface area contributed by atoms with Crippen LogP contribution in [0.3, 0.4) is 0 Å². The summed E-state index contributed by atoms with van der Waals surface area (Å²) in [4.78, 5) is 12.4. The number of nitriles is 1. The van der Waals surface area contributed by atoms with E-state index >= 15 is 0 Å². The highest BCUT2D eigenvalue weighted by molar-refractivity contribution is 7.86. The summed E-state index contributed by atoms with van der Waals surface area (Å²) in [7, 11) is -0.890. The number of nitrogens with zero attached hydrogens (tertiary/aromatic N) is 1. The molecule has 3 nitrogen and oxygen atoms in total. The number of hydrogen-bond acceptors (Lipinski definition) is 3. The number of carbonyl (C=O) groups is 1. The highest BCUT2D eigenvalue weighted by Gasteiger charge is 2.43. The quantitative estimate of drug-likeness (QED) is 0.789. The zero-order valence-electron chi connectivity index (χ0n) is 11.1. The van der Waals surface area contributed by atoms with Gasteiger partial charge in [0.25, 0.3) is 0 Å². The minimum Gasteiger partial charge on any atom is -0.294 e. The average molecular weight is 309 g/mol. The van der Waals surface area contributed by atoms with Crippen molar-refractivity contribution >= 4 is 16.6 Å². The van der Waals surface area contributed by atoms with Gasteiger partial charge in [-0.05, 0) is 37.8 Å². The molecule has 2 aliphatic heterocycles. The van der Waals surface area contributed by atoms with Crippen LogP contribution in [0.25, 0.3) is 0 Å². The highest BCUT2D eigenvalue weighted by atomic mass is 32.2. The zero-order valence-corrected chi connectivity index (χ0v) is 12.0. The third kappa shape index (κ3) is 2.40. The maximum absolute atomic E-state index is 13.9. The molecule has 0 saturated carbocycles. The van der Waals surface area contributed by atoms with Crippen LogP contribution >= 0.6 is 0 Å². The van der Waals surface area contributed by atoms with E-state index in [1.807, 2.05) is 0 Å². The van der Waals surface area contributed by atoms with E-state index < -0.39 is 39.7 Å². The van der Waals surface area contributed by atoms with Gasteiger partial charge in [0.2, 0.25) is 0 Å². The smallest absolute Gasteiger partial charge is 0.169 e. The van der Waals surface area contributed by atoms with Gasteiger partial charge in [0.05, 0.1) is 11.1 Å². The molecule has 0 radical (unpaired) electrons. The van der Waals surface area contributed by atoms with Crippen molar-refractivity contribution < 1.29 is 17.8 Å². The van der Waals surface area contributed by atoms with Crippen LogP contribution in [0, 0.1) is 28.9 Å². The lowest BCUT2D eigenvalue weighted by Crippen LogP contribution is -2.32. The number of fused-ring (bicyclic) bond motifs is 2. The van der Waals surface area contributed by atoms with E-state index in [9.17, 15) is 17.8 Å². The van der Waals surface area contributed by atoms with Crippen LogP contribution in [-0.2, 0) is 10.8 Å². The van der Waals surface area contributed by atoms with E-state index in [-0.39, 0.29) is 16.1 Å². The number of rotatable bonds is 2. The summed E-state index contributed by atoms with van der Waals surface area (Å²) in [5.74, 6) is -2.59. The number of Topliss-reactive ketones (excluding diaryl/α,β-unsaturated/α-hetero) is 1. The Morgan fingerprint density at radius 2 is 1.81 bits per heavy atom. The molecular formula is C15H13F2NO2S. The van der Waals surface area contributed by atoms with E-state index in [1.54, 1.807) is 6.07 Å². The first-order chi connectivity index (χ1) is 10.0. The Bertz CT molecular complexity index is 667. The molecule has 2 saturated heterocycles. The van der Waals surface area contributed by atoms with Gasteiger partial charge in [-0.3, -0.25) is 9.00 Å². The Kier molecular flexibility index (Phi) is 3.62. The SMILES string of the molecule is N#Cc1cc(F)c(C(=O)C2CC3CCC(C2)S3=O)cc1F. The van der Waals surface area contributed by atoms with Crippen LogP contribution in [0.2, 0.25) is 0 Å². The molecule has 3 rings (SSSR count). The molecule has 2 aliphatic rings. The molecule has 6 heteroatoms. The molecule has 0 amide bonds. The summed E-state index contributed by atoms with van der Waals surface area (Å²) in [5.41, 5.74) is -0.711. The van der Waals surface area contributed by atoms with Crippen molar-refractivity contribution in [3.63, 3.8) is 0 Å². The van der Waals surface area contributed by atoms with Crippen molar-refractivity contribution in [3.05, 3.63) is 34.9 Å². The maximum Gasteiger partial charge on any atom is 0.169 e. The molecule has 2 atom stereocenters. The van der Waals surface area contributed by atoms with Crippen molar-refractivity contribution in [2.75, 3.05) is 0 Å². The first kappa shape index (κ1) is 14.3. The summed E-state index contributed by atoms with van der Waals surface area (Å²) in [6.45, 7) is 0. The lowest BCUT2D eigenvalue weighted by atomic mass is 9.89. The summed E-state index contributed by atoms with van der Waals surface area (Å²) in [5, 5.41) is 8.66. The number of halogens is 2. The van der Waals surface area contributed by atoms with Gasteiger partial charge in [0, 0.05) is 27.2 Å². The van der Waals surface area contributed by atoms with E-state index in [1.165, 1.54) is 0 Å². The summed E-state index contributed by atoms with van der Waals surface area (Å²) >= 11 is 0. The number of carbonyl (C=O) groups excluding carboxylic acids is 1. The molecule has 110 valence electrons. The van der Waals surface area contributed by atoms with Crippen molar-refractivity contribution in [1.82, 2.24) is 0 Å². The van der Waals surface area contributed by atoms with E-state index in [4.69, 9.17) is 5.26 Å². The van der Waals surface area contributed by atoms with Gasteiger partial charge in [-0.2, -0.15) is 5.26 Å². The molecule has 2 bridgehead atoms. The topological polar surface area (TPSA) is 57.9 Å². The monoisotopic (exact) mass is 309 g/mol. The molecule has 1 aromatic carbocycles. The van der Waals surface area contributed by atoms with Gasteiger partial charge >= 0.3 is 0 Å². The molecule has 0 N–H and O–H groups in total. The predicted octanol–water partition coefficient (Wildman–Crippen LogP) is 2.71. The minimum absolute atomic E-state index is 0.00369. The van der Waals surface area contributed by atoms with E-state index in [2.05, 4.69) is 0 Å². The van der Waals surface area contributed by atoms with Gasteiger partial charge in [0.15, 0.2) is 5.78 Å². The van der Waals surface area contributed by atoms with Crippen LogP contribution in [0.15, 0.2) is 12.1 Å². The third-order valence-corrected chi connectivity index (χ3v) is 6.55. The molecule has 21 heavy (non-hydrogen) atoms. The van der Waals surface area contributed by atoms with Crippen molar-refractivity contribution in [2.24, 2.45) is 5.92 Å². The molecule has 0 spiro atoms. The number of hydrogen-bond donors (Lipinski definition) is 0. The van der Waals surface area contributed by atoms with Crippen LogP contribution in [-0.4, -0.2) is 20.5 Å². The second-order valence-electron chi connectivity index (χ2n) is 5.61. The number of ketones is 1. The van der Waals surface area contributed by atoms with Gasteiger partial charge in [-0.1, -0.05) is 0 Å². The molecule has 0 aliphatic carbocycles. The average Bonchev–Trinajstić information content (AvgIpc) is 2.69. The Labute approximate surface area is 123 Å². The Morgan fingerprint density at radius 1 is 1.19 bits per heavy atom. The molecule has 2 fully saturated rings. The Hall–Kier alpha value is -1.61. The van der Waals surface area contributed by atoms with Gasteiger partial charge in [-0.15, -0.1) is 0 Å². The Balaban J connectivity index is 1.88. The Morgan fingerprint density at radius 3 is 2.38 bits per heavy atom. The number of benzene rings is 1. The van der Waals surface area contributed by atoms with Gasteiger partial charge in [0.1, 0.15) is 17.7 Å². The predicted molar refractivity (Wildman–Crippen MR) is 73.1 cm³/mol. The fraction of sp³-hybridized carbons (Fsp3) is 0.467. The highest BCUT2D eigenvalue weighted by Crippen LogP contribution is 2.40. The fourth-order valence-corrected chi connectivity index (χ4v) is 5.41. The summed E-state index contributed by atoms with van der Waals surface area (Å²) < 4.78 is 39.4. The van der Waals surface area contributed by atoms with Crippen LogP contribution < -0.4 is 0 Å². The lowest BCUT2D eigenvalue weighted by Gasteiger charge is -2.26. The molecule has 1 aromatic rings. The second kappa shape index (κ2) is 5.30. The van der Waals surface area contributed by atoms with Crippen LogP contribution in [0.1, 0.15) is 41.6 Å². The first-order valence-corrected chi connectivity index (χ1v) is 8.11. The maximum atomic E-state index is 13.9. The molecule has 2 unspecified atom stereocenters. The van der Waals surface area contributed by atoms with Crippen molar-refractivity contribution in [1.29, 1.82) is 5.26 Å². The standard InChI is InChI=1S/C15H13F2NO2S/c16-13-6-12(14(17)5-9(13)7-18)15(19)8-3-10-1-2-11(4-8)21(10)20/h5-6,8,10-11H,1-4H2. The largest absolute Gasteiger partial charge is 0.294 e. The van der Waals surface area contributed by atoms with Crippen LogP contribution in [0.4, 0.5) is 8.78 Å². The molecular weight excluding hydrogens is 296 g/mol. The summed E-state index contributed by atoms with van der Waals surface area (Å²) in [6.07, 6.45) is 2.63. The van der Waals surface area contributed by atoms with Gasteiger partial charge < -0.3 is 0 Å². The van der Waals surface area contributed by atoms with Gasteiger partial charge in [-0.25, -0.2) is 8.78 Å². The van der Waals surface area contributed by atoms with Crippen molar-refractivity contribution in [3.8, 4) is 6.07 Å². The third-order valence-electron chi connectivity index (χ3n) is 4.38. The molecule has 0 aromatic heterocycles. The minimum atomic E-state index is -0.890. The van der Waals surface area contributed by atoms with Crippen LogP contribution in [0.5, 0.6) is 0 Å². The zero-order chi connectivity index (χ0) is 15.1. The normalized spacial score (nSPS) is 30.9. The molecule has 2 heterocycles. The van der Waals surface area contributed by atoms with E-state index in [0.717, 1.165) is 25.0 Å². The summed E-state index contributed by atoms with van der Waals surface area (Å²) in [6, 6.07) is 3.12. The van der Waals surface area contributed by atoms with Crippen molar-refractivity contribution in [2.45, 2.75) is 36.2 Å². The van der Waals surface area contributed by atoms with E-state index in [0.29, 0.717) is 12.8 Å². The first-order valence-electron chi connectivity index (χ1n) is 6.84.